The fourth-order valence-electron chi connectivity index (χ4n) is 6.19. The summed E-state index contributed by atoms with van der Waals surface area (Å²) in [6.07, 6.45) is 5.20. The Bertz CT molecular complexity index is 1300. The molecule has 5 rings (SSSR count). The van der Waals surface area contributed by atoms with Crippen molar-refractivity contribution in [2.45, 2.75) is 64.4 Å². The van der Waals surface area contributed by atoms with Crippen LogP contribution in [0.3, 0.4) is 0 Å². The van der Waals surface area contributed by atoms with Crippen LogP contribution in [0.5, 0.6) is 11.5 Å². The molecule has 0 saturated carbocycles. The minimum absolute atomic E-state index is 0.137. The number of hydrogen-bond acceptors (Lipinski definition) is 6. The zero-order chi connectivity index (χ0) is 27.5. The van der Waals surface area contributed by atoms with Crippen LogP contribution in [0.25, 0.3) is 0 Å². The van der Waals surface area contributed by atoms with E-state index in [2.05, 4.69) is 39.9 Å². The molecule has 2 aromatic rings. The molecule has 0 fully saturated rings. The molecule has 2 aromatic carbocycles. The Hall–Kier alpha value is -2.90. The number of aryl methyl sites for hydroxylation is 1. The van der Waals surface area contributed by atoms with Gasteiger partial charge in [-0.15, -0.1) is 0 Å². The van der Waals surface area contributed by atoms with Gasteiger partial charge in [0.2, 0.25) is 0 Å². The van der Waals surface area contributed by atoms with Crippen molar-refractivity contribution in [1.82, 2.24) is 4.90 Å². The minimum Gasteiger partial charge on any atom is -0.493 e. The highest BCUT2D eigenvalue weighted by Crippen LogP contribution is 2.51. The average molecular weight is 595 g/mol. The summed E-state index contributed by atoms with van der Waals surface area (Å²) in [5, 5.41) is 0. The minimum atomic E-state index is -0.398. The number of rotatable bonds is 9. The normalized spacial score (nSPS) is 17.9. The predicted octanol–water partition coefficient (Wildman–Crippen LogP) is 6.80. The first kappa shape index (κ1) is 27.7. The standard InChI is InChI=1S/C32H36BrNO5/c1-20-8-4-9-21(16-20)19-39-32-23(33)17-22(18-28(32)38-3)29-30-24(10-5-12-26(30)35)34(14-7-15-37-2)25-11-6-13-27(36)31(25)29/h4,8-9,16-18,29H,5-7,10-15,19H2,1-3H3. The summed E-state index contributed by atoms with van der Waals surface area (Å²) in [4.78, 5) is 29.4. The summed E-state index contributed by atoms with van der Waals surface area (Å²) in [6, 6.07) is 12.2. The molecule has 0 aromatic heterocycles. The van der Waals surface area contributed by atoms with Gasteiger partial charge in [0.25, 0.3) is 0 Å². The van der Waals surface area contributed by atoms with Crippen molar-refractivity contribution in [2.75, 3.05) is 27.4 Å². The second-order valence-electron chi connectivity index (χ2n) is 10.5. The molecule has 0 saturated heterocycles. The molecule has 1 heterocycles. The molecule has 0 unspecified atom stereocenters. The Labute approximate surface area is 239 Å². The Balaban J connectivity index is 1.57. The van der Waals surface area contributed by atoms with Gasteiger partial charge in [-0.05, 0) is 78.2 Å². The van der Waals surface area contributed by atoms with Gasteiger partial charge in [-0.1, -0.05) is 29.8 Å². The molecule has 0 bridgehead atoms. The summed E-state index contributed by atoms with van der Waals surface area (Å²) < 4.78 is 18.1. The number of nitrogens with zero attached hydrogens (tertiary/aromatic N) is 1. The molecule has 0 spiro atoms. The summed E-state index contributed by atoms with van der Waals surface area (Å²) in [6.45, 7) is 3.85. The van der Waals surface area contributed by atoms with E-state index in [1.165, 1.54) is 5.56 Å². The van der Waals surface area contributed by atoms with E-state index in [0.717, 1.165) is 76.8 Å². The Morgan fingerprint density at radius 3 is 2.26 bits per heavy atom. The lowest BCUT2D eigenvalue weighted by Gasteiger charge is -2.44. The van der Waals surface area contributed by atoms with Crippen LogP contribution in [0.1, 0.15) is 67.6 Å². The first-order chi connectivity index (χ1) is 18.9. The lowest BCUT2D eigenvalue weighted by molar-refractivity contribution is -0.117. The zero-order valence-corrected chi connectivity index (χ0v) is 24.6. The van der Waals surface area contributed by atoms with Crippen molar-refractivity contribution in [3.8, 4) is 11.5 Å². The number of carbonyl (C=O) groups is 2. The van der Waals surface area contributed by atoms with E-state index in [0.29, 0.717) is 37.6 Å². The SMILES string of the molecule is COCCCN1C2=C(C(=O)CCC2)C(c2cc(Br)c(OCc3cccc(C)c3)c(OC)c2)C2=C1CCCC2=O. The van der Waals surface area contributed by atoms with Crippen LogP contribution in [0.4, 0.5) is 0 Å². The van der Waals surface area contributed by atoms with Crippen LogP contribution in [0, 0.1) is 6.92 Å². The van der Waals surface area contributed by atoms with Crippen LogP contribution in [0.2, 0.25) is 0 Å². The largest absolute Gasteiger partial charge is 0.493 e. The third kappa shape index (κ3) is 5.57. The molecular formula is C32H36BrNO5. The second kappa shape index (κ2) is 12.1. The zero-order valence-electron chi connectivity index (χ0n) is 23.0. The van der Waals surface area contributed by atoms with E-state index in [1.807, 2.05) is 24.3 Å². The van der Waals surface area contributed by atoms with Gasteiger partial charge in [-0.25, -0.2) is 0 Å². The summed E-state index contributed by atoms with van der Waals surface area (Å²) in [5.74, 6) is 1.05. The second-order valence-corrected chi connectivity index (χ2v) is 11.4. The van der Waals surface area contributed by atoms with Gasteiger partial charge in [-0.2, -0.15) is 0 Å². The third-order valence-electron chi connectivity index (χ3n) is 7.87. The van der Waals surface area contributed by atoms with Crippen molar-refractivity contribution in [3.63, 3.8) is 0 Å². The summed E-state index contributed by atoms with van der Waals surface area (Å²) >= 11 is 3.72. The van der Waals surface area contributed by atoms with Crippen LogP contribution >= 0.6 is 15.9 Å². The van der Waals surface area contributed by atoms with Gasteiger partial charge in [0.05, 0.1) is 11.6 Å². The molecule has 0 radical (unpaired) electrons. The number of halogens is 1. The first-order valence-electron chi connectivity index (χ1n) is 13.8. The first-order valence-corrected chi connectivity index (χ1v) is 14.6. The number of allylic oxidation sites excluding steroid dienone is 4. The highest BCUT2D eigenvalue weighted by molar-refractivity contribution is 9.10. The van der Waals surface area contributed by atoms with Gasteiger partial charge >= 0.3 is 0 Å². The number of ketones is 2. The smallest absolute Gasteiger partial charge is 0.175 e. The lowest BCUT2D eigenvalue weighted by atomic mass is 9.71. The van der Waals surface area contributed by atoms with Gasteiger partial charge in [0.15, 0.2) is 23.1 Å². The molecule has 6 nitrogen and oxygen atoms in total. The predicted molar refractivity (Wildman–Crippen MR) is 154 cm³/mol. The van der Waals surface area contributed by atoms with Gasteiger partial charge in [0, 0.05) is 61.6 Å². The molecule has 0 amide bonds. The van der Waals surface area contributed by atoms with E-state index < -0.39 is 5.92 Å². The fraction of sp³-hybridized carbons (Fsp3) is 0.438. The Kier molecular flexibility index (Phi) is 8.57. The average Bonchev–Trinajstić information content (AvgIpc) is 2.92. The molecule has 0 atom stereocenters. The van der Waals surface area contributed by atoms with Crippen LogP contribution in [-0.2, 0) is 20.9 Å². The number of methoxy groups -OCH3 is 2. The number of carbonyl (C=O) groups excluding carboxylic acids is 2. The maximum atomic E-state index is 13.6. The van der Waals surface area contributed by atoms with Crippen molar-refractivity contribution in [3.05, 3.63) is 80.1 Å². The summed E-state index contributed by atoms with van der Waals surface area (Å²) in [7, 11) is 3.33. The van der Waals surface area contributed by atoms with Gasteiger partial charge < -0.3 is 19.1 Å². The van der Waals surface area contributed by atoms with Gasteiger partial charge in [0.1, 0.15) is 6.61 Å². The van der Waals surface area contributed by atoms with Crippen molar-refractivity contribution < 1.29 is 23.8 Å². The van der Waals surface area contributed by atoms with E-state index in [4.69, 9.17) is 14.2 Å². The number of benzene rings is 2. The van der Waals surface area contributed by atoms with Crippen molar-refractivity contribution in [2.24, 2.45) is 0 Å². The molecule has 3 aliphatic rings. The Morgan fingerprint density at radius 1 is 0.949 bits per heavy atom. The molecule has 206 valence electrons. The summed E-state index contributed by atoms with van der Waals surface area (Å²) in [5.41, 5.74) is 6.83. The lowest BCUT2D eigenvalue weighted by Crippen LogP contribution is -2.39. The maximum Gasteiger partial charge on any atom is 0.175 e. The Morgan fingerprint density at radius 2 is 1.64 bits per heavy atom. The third-order valence-corrected chi connectivity index (χ3v) is 8.46. The fourth-order valence-corrected chi connectivity index (χ4v) is 6.76. The quantitative estimate of drug-likeness (QED) is 0.298. The molecule has 0 N–H and O–H groups in total. The van der Waals surface area contributed by atoms with E-state index >= 15 is 0 Å². The highest BCUT2D eigenvalue weighted by atomic mass is 79.9. The van der Waals surface area contributed by atoms with Crippen LogP contribution < -0.4 is 9.47 Å². The molecular weight excluding hydrogens is 558 g/mol. The molecule has 2 aliphatic carbocycles. The number of ether oxygens (including phenoxy) is 3. The van der Waals surface area contributed by atoms with E-state index in [1.54, 1.807) is 14.2 Å². The van der Waals surface area contributed by atoms with Crippen molar-refractivity contribution >= 4 is 27.5 Å². The molecule has 39 heavy (non-hydrogen) atoms. The van der Waals surface area contributed by atoms with E-state index in [9.17, 15) is 9.59 Å². The maximum absolute atomic E-state index is 13.6. The van der Waals surface area contributed by atoms with Crippen molar-refractivity contribution in [1.29, 1.82) is 0 Å². The highest BCUT2D eigenvalue weighted by Gasteiger charge is 2.43. The monoisotopic (exact) mass is 593 g/mol. The molecule has 1 aliphatic heterocycles. The van der Waals surface area contributed by atoms with E-state index in [-0.39, 0.29) is 11.6 Å². The van der Waals surface area contributed by atoms with Crippen LogP contribution in [-0.4, -0.2) is 43.8 Å². The number of hydrogen-bond donors (Lipinski definition) is 0. The topological polar surface area (TPSA) is 65.1 Å². The van der Waals surface area contributed by atoms with Crippen LogP contribution in [0.15, 0.2) is 63.4 Å². The number of Topliss-reactive ketones (excluding diaryl/α,β-unsaturated/α-hetero) is 2. The molecule has 7 heteroatoms. The van der Waals surface area contributed by atoms with Gasteiger partial charge in [-0.3, -0.25) is 9.59 Å².